The molecular weight excluding hydrogens is 365 g/mol. The van der Waals surface area contributed by atoms with Crippen LogP contribution in [0.15, 0.2) is 39.9 Å². The molecule has 1 N–H and O–H groups in total. The number of carboxylic acid groups (broad SMARTS) is 1. The first kappa shape index (κ1) is 18.0. The lowest BCUT2D eigenvalue weighted by atomic mass is 9.73. The monoisotopic (exact) mass is 383 g/mol. The number of aliphatic carboxylic acids is 1. The smallest absolute Gasteiger partial charge is 0.314 e. The number of nitrogens with zero attached hydrogens (tertiary/aromatic N) is 1. The zero-order chi connectivity index (χ0) is 18.2. The van der Waals surface area contributed by atoms with E-state index in [1.165, 1.54) is 9.69 Å². The van der Waals surface area contributed by atoms with E-state index in [9.17, 15) is 22.7 Å². The summed E-state index contributed by atoms with van der Waals surface area (Å²) < 4.78 is 39.7. The summed E-state index contributed by atoms with van der Waals surface area (Å²) in [6, 6.07) is 8.39. The Hall–Kier alpha value is -1.77. The highest BCUT2D eigenvalue weighted by Gasteiger charge is 2.45. The van der Waals surface area contributed by atoms with Gasteiger partial charge in [-0.3, -0.25) is 4.79 Å². The molecule has 0 unspecified atom stereocenters. The van der Waals surface area contributed by atoms with E-state index in [1.54, 1.807) is 12.1 Å². The Balaban J connectivity index is 1.87. The first-order valence-electron chi connectivity index (χ1n) is 7.81. The first-order chi connectivity index (χ1) is 11.8. The van der Waals surface area contributed by atoms with Gasteiger partial charge in [0.25, 0.3) is 10.0 Å². The molecule has 0 aliphatic carbocycles. The molecule has 8 heteroatoms. The van der Waals surface area contributed by atoms with Crippen LogP contribution in [0.3, 0.4) is 0 Å². The molecule has 0 atom stereocenters. The molecule has 0 amide bonds. The quantitative estimate of drug-likeness (QED) is 0.881. The molecule has 0 spiro atoms. The minimum Gasteiger partial charge on any atom is -0.481 e. The van der Waals surface area contributed by atoms with Gasteiger partial charge in [0.05, 0.1) is 5.41 Å². The van der Waals surface area contributed by atoms with Crippen molar-refractivity contribution in [1.29, 1.82) is 0 Å². The fourth-order valence-electron chi connectivity index (χ4n) is 3.19. The SMILES string of the molecule is Cc1ccc(C2(C(=O)O)CCN(S(=O)(=O)c3sccc3F)CC2)cc1. The molecule has 1 saturated heterocycles. The Labute approximate surface area is 149 Å². The van der Waals surface area contributed by atoms with Gasteiger partial charge in [0.2, 0.25) is 0 Å². The normalized spacial score (nSPS) is 18.2. The molecule has 25 heavy (non-hydrogen) atoms. The summed E-state index contributed by atoms with van der Waals surface area (Å²) in [5.41, 5.74) is 0.579. The molecule has 5 nitrogen and oxygen atoms in total. The minimum atomic E-state index is -3.93. The maximum atomic E-state index is 13.7. The predicted octanol–water partition coefficient (Wildman–Crippen LogP) is 3.00. The molecule has 2 aromatic rings. The Kier molecular flexibility index (Phi) is 4.70. The maximum Gasteiger partial charge on any atom is 0.314 e. The summed E-state index contributed by atoms with van der Waals surface area (Å²) >= 11 is 0.833. The molecule has 1 aromatic heterocycles. The highest BCUT2D eigenvalue weighted by molar-refractivity contribution is 7.91. The molecule has 1 aliphatic rings. The molecule has 2 heterocycles. The van der Waals surface area contributed by atoms with E-state index in [0.29, 0.717) is 5.56 Å². The van der Waals surface area contributed by atoms with Crippen molar-refractivity contribution in [2.75, 3.05) is 13.1 Å². The third-order valence-electron chi connectivity index (χ3n) is 4.75. The minimum absolute atomic E-state index is 0.0415. The number of thiophene rings is 1. The lowest BCUT2D eigenvalue weighted by Gasteiger charge is -2.38. The third kappa shape index (κ3) is 3.09. The Morgan fingerprint density at radius 3 is 2.28 bits per heavy atom. The van der Waals surface area contributed by atoms with Crippen molar-refractivity contribution in [3.8, 4) is 0 Å². The number of benzene rings is 1. The highest BCUT2D eigenvalue weighted by Crippen LogP contribution is 2.38. The van der Waals surface area contributed by atoms with E-state index in [4.69, 9.17) is 0 Å². The zero-order valence-corrected chi connectivity index (χ0v) is 15.2. The van der Waals surface area contributed by atoms with E-state index in [2.05, 4.69) is 0 Å². The standard InChI is InChI=1S/C17H18FNO4S2/c1-12-2-4-13(5-3-12)17(16(20)21)7-9-19(10-8-17)25(22,23)15-14(18)6-11-24-15/h2-6,11H,7-10H2,1H3,(H,20,21). The van der Waals surface area contributed by atoms with Crippen LogP contribution < -0.4 is 0 Å². The van der Waals surface area contributed by atoms with Crippen LogP contribution in [0.1, 0.15) is 24.0 Å². The highest BCUT2D eigenvalue weighted by atomic mass is 32.2. The van der Waals surface area contributed by atoms with Crippen LogP contribution in [-0.4, -0.2) is 36.9 Å². The number of aryl methyl sites for hydroxylation is 1. The molecule has 1 fully saturated rings. The molecule has 1 aliphatic heterocycles. The number of carbonyl (C=O) groups is 1. The molecule has 3 rings (SSSR count). The average Bonchev–Trinajstić information content (AvgIpc) is 3.02. The van der Waals surface area contributed by atoms with Crippen LogP contribution in [0.2, 0.25) is 0 Å². The number of hydrogen-bond acceptors (Lipinski definition) is 4. The second-order valence-corrected chi connectivity index (χ2v) is 9.26. The van der Waals surface area contributed by atoms with Gasteiger partial charge in [-0.25, -0.2) is 12.8 Å². The topological polar surface area (TPSA) is 74.7 Å². The van der Waals surface area contributed by atoms with Gasteiger partial charge in [0.1, 0.15) is 0 Å². The Morgan fingerprint density at radius 2 is 1.80 bits per heavy atom. The second-order valence-electron chi connectivity index (χ2n) is 6.21. The predicted molar refractivity (Wildman–Crippen MR) is 92.8 cm³/mol. The van der Waals surface area contributed by atoms with Crippen molar-refractivity contribution in [2.24, 2.45) is 0 Å². The number of sulfonamides is 1. The summed E-state index contributed by atoms with van der Waals surface area (Å²) in [6.07, 6.45) is 0.301. The van der Waals surface area contributed by atoms with E-state index < -0.39 is 27.2 Å². The van der Waals surface area contributed by atoms with Crippen molar-refractivity contribution in [2.45, 2.75) is 29.4 Å². The fourth-order valence-corrected chi connectivity index (χ4v) is 5.86. The van der Waals surface area contributed by atoms with Gasteiger partial charge in [-0.05, 0) is 36.8 Å². The van der Waals surface area contributed by atoms with E-state index >= 15 is 0 Å². The Morgan fingerprint density at radius 1 is 1.20 bits per heavy atom. The summed E-state index contributed by atoms with van der Waals surface area (Å²) in [6.45, 7) is 2.00. The lowest BCUT2D eigenvalue weighted by molar-refractivity contribution is -0.145. The van der Waals surface area contributed by atoms with Gasteiger partial charge in [-0.2, -0.15) is 4.31 Å². The van der Waals surface area contributed by atoms with E-state index in [0.717, 1.165) is 23.0 Å². The van der Waals surface area contributed by atoms with Crippen molar-refractivity contribution >= 4 is 27.3 Å². The summed E-state index contributed by atoms with van der Waals surface area (Å²) in [4.78, 5) is 12.0. The van der Waals surface area contributed by atoms with Gasteiger partial charge in [0, 0.05) is 13.1 Å². The van der Waals surface area contributed by atoms with E-state index in [-0.39, 0.29) is 30.1 Å². The maximum absolute atomic E-state index is 13.7. The third-order valence-corrected chi connectivity index (χ3v) is 8.06. The zero-order valence-electron chi connectivity index (χ0n) is 13.6. The van der Waals surface area contributed by atoms with Gasteiger partial charge >= 0.3 is 5.97 Å². The number of rotatable bonds is 4. The van der Waals surface area contributed by atoms with Gasteiger partial charge < -0.3 is 5.11 Å². The summed E-state index contributed by atoms with van der Waals surface area (Å²) in [5.74, 6) is -1.73. The van der Waals surface area contributed by atoms with Crippen LogP contribution in [0.4, 0.5) is 4.39 Å². The molecule has 134 valence electrons. The lowest BCUT2D eigenvalue weighted by Crippen LogP contribution is -2.49. The first-order valence-corrected chi connectivity index (χ1v) is 10.1. The van der Waals surface area contributed by atoms with Crippen LogP contribution >= 0.6 is 11.3 Å². The van der Waals surface area contributed by atoms with Crippen LogP contribution in [0.5, 0.6) is 0 Å². The molecule has 0 saturated carbocycles. The number of piperidine rings is 1. The largest absolute Gasteiger partial charge is 0.481 e. The average molecular weight is 383 g/mol. The molecule has 1 aromatic carbocycles. The van der Waals surface area contributed by atoms with Gasteiger partial charge in [0.15, 0.2) is 10.0 Å². The van der Waals surface area contributed by atoms with Crippen LogP contribution in [-0.2, 0) is 20.2 Å². The second kappa shape index (κ2) is 6.51. The molecule has 0 bridgehead atoms. The summed E-state index contributed by atoms with van der Waals surface area (Å²) in [5, 5.41) is 11.2. The van der Waals surface area contributed by atoms with Crippen molar-refractivity contribution in [1.82, 2.24) is 4.31 Å². The fraction of sp³-hybridized carbons (Fsp3) is 0.353. The van der Waals surface area contributed by atoms with Crippen molar-refractivity contribution in [3.63, 3.8) is 0 Å². The van der Waals surface area contributed by atoms with Crippen LogP contribution in [0.25, 0.3) is 0 Å². The van der Waals surface area contributed by atoms with Gasteiger partial charge in [-0.15, -0.1) is 11.3 Å². The van der Waals surface area contributed by atoms with Gasteiger partial charge in [-0.1, -0.05) is 29.8 Å². The Bertz CT molecular complexity index is 882. The van der Waals surface area contributed by atoms with Crippen molar-refractivity contribution < 1.29 is 22.7 Å². The number of hydrogen-bond donors (Lipinski definition) is 1. The van der Waals surface area contributed by atoms with Crippen LogP contribution in [0, 0.1) is 12.7 Å². The van der Waals surface area contributed by atoms with Crippen molar-refractivity contribution in [3.05, 3.63) is 52.7 Å². The van der Waals surface area contributed by atoms with E-state index in [1.807, 2.05) is 19.1 Å². The number of halogens is 1. The summed E-state index contributed by atoms with van der Waals surface area (Å²) in [7, 11) is -3.93. The molecule has 0 radical (unpaired) electrons. The number of carboxylic acids is 1. The molecular formula is C17H18FNO4S2.